The van der Waals surface area contributed by atoms with Gasteiger partial charge in [-0.2, -0.15) is 0 Å². The van der Waals surface area contributed by atoms with Gasteiger partial charge in [-0.3, -0.25) is 13.9 Å². The zero-order valence-corrected chi connectivity index (χ0v) is 25.3. The molecule has 0 aliphatic heterocycles. The number of para-hydroxylation sites is 1. The lowest BCUT2D eigenvalue weighted by atomic mass is 10.0. The summed E-state index contributed by atoms with van der Waals surface area (Å²) in [5, 5.41) is 2.89. The van der Waals surface area contributed by atoms with Gasteiger partial charge >= 0.3 is 0 Å². The van der Waals surface area contributed by atoms with E-state index in [1.165, 1.54) is 23.1 Å². The van der Waals surface area contributed by atoms with E-state index in [1.54, 1.807) is 60.7 Å². The number of sulfonamides is 1. The lowest BCUT2D eigenvalue weighted by Gasteiger charge is -2.34. The molecule has 1 atom stereocenters. The molecule has 224 valence electrons. The molecule has 2 amide bonds. The molecule has 0 aliphatic rings. The van der Waals surface area contributed by atoms with E-state index >= 15 is 0 Å². The van der Waals surface area contributed by atoms with Crippen LogP contribution in [0, 0.1) is 12.7 Å². The number of benzene rings is 4. The zero-order chi connectivity index (χ0) is 31.0. The largest absolute Gasteiger partial charge is 0.352 e. The van der Waals surface area contributed by atoms with Gasteiger partial charge < -0.3 is 10.2 Å². The summed E-state index contributed by atoms with van der Waals surface area (Å²) in [6.07, 6.45) is 0.148. The number of nitrogens with zero attached hydrogens (tertiary/aromatic N) is 2. The molecule has 4 aromatic rings. The van der Waals surface area contributed by atoms with Crippen LogP contribution in [0.5, 0.6) is 0 Å². The molecule has 0 saturated heterocycles. The Labute approximate surface area is 253 Å². The van der Waals surface area contributed by atoms with Crippen molar-refractivity contribution in [1.29, 1.82) is 0 Å². The summed E-state index contributed by atoms with van der Waals surface area (Å²) in [5.74, 6) is -1.60. The maximum atomic E-state index is 14.9. The molecule has 0 fully saturated rings. The normalized spacial score (nSPS) is 12.0. The van der Waals surface area contributed by atoms with E-state index in [0.717, 1.165) is 15.4 Å². The van der Waals surface area contributed by atoms with Crippen LogP contribution in [0.15, 0.2) is 114 Å². The van der Waals surface area contributed by atoms with Crippen LogP contribution >= 0.6 is 0 Å². The predicted octanol–water partition coefficient (Wildman–Crippen LogP) is 5.49. The number of aryl methyl sites for hydroxylation is 1. The third kappa shape index (κ3) is 8.08. The van der Waals surface area contributed by atoms with Crippen molar-refractivity contribution < 1.29 is 22.4 Å². The van der Waals surface area contributed by atoms with Gasteiger partial charge in [0.2, 0.25) is 11.8 Å². The summed E-state index contributed by atoms with van der Waals surface area (Å²) in [6.45, 7) is 4.64. The standard InChI is InChI=1S/C34H36FN3O4S/c1-25(2)36-34(40)32(22-27-12-6-4-7-13-27)37(23-28-14-10-11-17-31(28)35)33(39)24-38(29-15-8-5-9-16-29)43(41,42)30-20-18-26(3)19-21-30/h4-21,25,32H,22-24H2,1-3H3,(H,36,40)/t32-/m1/s1. The van der Waals surface area contributed by atoms with Crippen LogP contribution in [0.1, 0.15) is 30.5 Å². The van der Waals surface area contributed by atoms with Gasteiger partial charge in [0, 0.05) is 24.6 Å². The third-order valence-electron chi connectivity index (χ3n) is 6.93. The van der Waals surface area contributed by atoms with E-state index in [0.29, 0.717) is 0 Å². The third-order valence-corrected chi connectivity index (χ3v) is 8.72. The van der Waals surface area contributed by atoms with Gasteiger partial charge in [0.15, 0.2) is 0 Å². The number of hydrogen-bond acceptors (Lipinski definition) is 4. The first-order valence-electron chi connectivity index (χ1n) is 14.1. The van der Waals surface area contributed by atoms with Crippen molar-refractivity contribution in [3.05, 3.63) is 132 Å². The maximum absolute atomic E-state index is 14.9. The first kappa shape index (κ1) is 31.4. The summed E-state index contributed by atoms with van der Waals surface area (Å²) in [6, 6.07) is 28.7. The number of carbonyl (C=O) groups excluding carboxylic acids is 2. The second-order valence-electron chi connectivity index (χ2n) is 10.6. The molecule has 4 rings (SSSR count). The highest BCUT2D eigenvalue weighted by Crippen LogP contribution is 2.25. The first-order valence-corrected chi connectivity index (χ1v) is 15.5. The van der Waals surface area contributed by atoms with Crippen molar-refractivity contribution in [3.8, 4) is 0 Å². The summed E-state index contributed by atoms with van der Waals surface area (Å²) < 4.78 is 43.9. The van der Waals surface area contributed by atoms with Crippen LogP contribution in [-0.4, -0.2) is 43.8 Å². The van der Waals surface area contributed by atoms with Crippen LogP contribution in [0.25, 0.3) is 0 Å². The monoisotopic (exact) mass is 601 g/mol. The topological polar surface area (TPSA) is 86.8 Å². The molecule has 1 N–H and O–H groups in total. The van der Waals surface area contributed by atoms with E-state index < -0.39 is 40.2 Å². The Morgan fingerprint density at radius 1 is 0.814 bits per heavy atom. The molecule has 7 nitrogen and oxygen atoms in total. The van der Waals surface area contributed by atoms with Gasteiger partial charge in [-0.05, 0) is 56.7 Å². The number of amides is 2. The van der Waals surface area contributed by atoms with E-state index in [-0.39, 0.29) is 35.2 Å². The summed E-state index contributed by atoms with van der Waals surface area (Å²) in [7, 11) is -4.19. The average Bonchev–Trinajstić information content (AvgIpc) is 2.99. The van der Waals surface area contributed by atoms with E-state index in [1.807, 2.05) is 51.1 Å². The Balaban J connectivity index is 1.79. The predicted molar refractivity (Wildman–Crippen MR) is 166 cm³/mol. The Morgan fingerprint density at radius 3 is 2.00 bits per heavy atom. The van der Waals surface area contributed by atoms with Gasteiger partial charge in [0.05, 0.1) is 10.6 Å². The van der Waals surface area contributed by atoms with Gasteiger partial charge in [-0.25, -0.2) is 12.8 Å². The van der Waals surface area contributed by atoms with Crippen molar-refractivity contribution in [2.24, 2.45) is 0 Å². The minimum Gasteiger partial charge on any atom is -0.352 e. The summed E-state index contributed by atoms with van der Waals surface area (Å²) >= 11 is 0. The van der Waals surface area contributed by atoms with Crippen LogP contribution in [0.3, 0.4) is 0 Å². The molecule has 43 heavy (non-hydrogen) atoms. The van der Waals surface area contributed by atoms with E-state index in [4.69, 9.17) is 0 Å². The number of nitrogens with one attached hydrogen (secondary N) is 1. The Bertz CT molecular complexity index is 1630. The highest BCUT2D eigenvalue weighted by Gasteiger charge is 2.35. The summed E-state index contributed by atoms with van der Waals surface area (Å²) in [5.41, 5.74) is 2.18. The summed E-state index contributed by atoms with van der Waals surface area (Å²) in [4.78, 5) is 29.3. The van der Waals surface area contributed by atoms with Gasteiger partial charge in [-0.15, -0.1) is 0 Å². The Kier molecular flexibility index (Phi) is 10.3. The van der Waals surface area contributed by atoms with Crippen molar-refractivity contribution in [2.45, 2.75) is 50.7 Å². The van der Waals surface area contributed by atoms with Crippen molar-refractivity contribution in [1.82, 2.24) is 10.2 Å². The van der Waals surface area contributed by atoms with E-state index in [9.17, 15) is 22.4 Å². The lowest BCUT2D eigenvalue weighted by molar-refractivity contribution is -0.140. The molecule has 0 aromatic heterocycles. The zero-order valence-electron chi connectivity index (χ0n) is 24.5. The van der Waals surface area contributed by atoms with Crippen molar-refractivity contribution in [2.75, 3.05) is 10.8 Å². The first-order chi connectivity index (χ1) is 20.6. The molecule has 0 aliphatic carbocycles. The Morgan fingerprint density at radius 2 is 1.40 bits per heavy atom. The van der Waals surface area contributed by atoms with Crippen molar-refractivity contribution >= 4 is 27.5 Å². The SMILES string of the molecule is Cc1ccc(S(=O)(=O)N(CC(=O)N(Cc2ccccc2F)[C@H](Cc2ccccc2)C(=O)NC(C)C)c2ccccc2)cc1. The van der Waals surface area contributed by atoms with Crippen LogP contribution in [0.4, 0.5) is 10.1 Å². The molecular formula is C34H36FN3O4S. The molecule has 0 spiro atoms. The second-order valence-corrected chi connectivity index (χ2v) is 12.5. The van der Waals surface area contributed by atoms with Crippen LogP contribution in [0.2, 0.25) is 0 Å². The van der Waals surface area contributed by atoms with Gasteiger partial charge in [0.25, 0.3) is 10.0 Å². The lowest BCUT2D eigenvalue weighted by Crippen LogP contribution is -2.54. The molecule has 0 heterocycles. The van der Waals surface area contributed by atoms with E-state index in [2.05, 4.69) is 5.32 Å². The van der Waals surface area contributed by atoms with Gasteiger partial charge in [0.1, 0.15) is 18.4 Å². The number of halogens is 1. The molecule has 0 bridgehead atoms. The Hall–Kier alpha value is -4.50. The number of rotatable bonds is 12. The molecule has 9 heteroatoms. The molecule has 0 radical (unpaired) electrons. The van der Waals surface area contributed by atoms with Crippen LogP contribution in [-0.2, 0) is 32.6 Å². The number of hydrogen-bond donors (Lipinski definition) is 1. The minimum atomic E-state index is -4.19. The quantitative estimate of drug-likeness (QED) is 0.233. The maximum Gasteiger partial charge on any atom is 0.264 e. The second kappa shape index (κ2) is 14.1. The molecule has 4 aromatic carbocycles. The fourth-order valence-corrected chi connectivity index (χ4v) is 6.12. The minimum absolute atomic E-state index is 0.0220. The smallest absolute Gasteiger partial charge is 0.264 e. The number of carbonyl (C=O) groups is 2. The van der Waals surface area contributed by atoms with Crippen molar-refractivity contribution in [3.63, 3.8) is 0 Å². The average molecular weight is 602 g/mol. The molecular weight excluding hydrogens is 565 g/mol. The fraction of sp³-hybridized carbons (Fsp3) is 0.235. The highest BCUT2D eigenvalue weighted by molar-refractivity contribution is 7.92. The fourth-order valence-electron chi connectivity index (χ4n) is 4.71. The molecule has 0 unspecified atom stereocenters. The molecule has 0 saturated carbocycles. The van der Waals surface area contributed by atoms with Gasteiger partial charge in [-0.1, -0.05) is 84.4 Å². The number of anilines is 1. The highest BCUT2D eigenvalue weighted by atomic mass is 32.2. The van der Waals surface area contributed by atoms with Crippen LogP contribution < -0.4 is 9.62 Å².